The Morgan fingerprint density at radius 2 is 1.70 bits per heavy atom. The molecule has 1 fully saturated rings. The molecule has 1 aliphatic rings. The SMILES string of the molecule is O=C(c1c[nH]c2ccccc12)C(Sc1ccc(S(=O)(=O)N2CCCC2)cn1)c1ccccc1. The van der Waals surface area contributed by atoms with E-state index < -0.39 is 15.3 Å². The van der Waals surface area contributed by atoms with Crippen molar-refractivity contribution >= 4 is 38.5 Å². The number of aromatic amines is 1. The highest BCUT2D eigenvalue weighted by Gasteiger charge is 2.29. The molecule has 168 valence electrons. The van der Waals surface area contributed by atoms with E-state index in [0.717, 1.165) is 29.3 Å². The number of carbonyl (C=O) groups is 1. The molecular weight excluding hydrogens is 454 g/mol. The molecule has 6 nitrogen and oxygen atoms in total. The summed E-state index contributed by atoms with van der Waals surface area (Å²) in [6, 6.07) is 20.6. The highest BCUT2D eigenvalue weighted by atomic mass is 32.2. The second-order valence-corrected chi connectivity index (χ2v) is 11.0. The third kappa shape index (κ3) is 4.34. The van der Waals surface area contributed by atoms with Gasteiger partial charge < -0.3 is 4.98 Å². The quantitative estimate of drug-likeness (QED) is 0.297. The number of carbonyl (C=O) groups excluding carboxylic acids is 1. The first-order chi connectivity index (χ1) is 16.0. The van der Waals surface area contributed by atoms with Gasteiger partial charge in [0, 0.05) is 41.9 Å². The number of nitrogens with zero attached hydrogens (tertiary/aromatic N) is 2. The van der Waals surface area contributed by atoms with Gasteiger partial charge in [0.25, 0.3) is 0 Å². The number of para-hydroxylation sites is 1. The van der Waals surface area contributed by atoms with Crippen LogP contribution in [0.4, 0.5) is 0 Å². The maximum absolute atomic E-state index is 13.7. The van der Waals surface area contributed by atoms with Crippen molar-refractivity contribution in [2.24, 2.45) is 0 Å². The summed E-state index contributed by atoms with van der Waals surface area (Å²) in [5, 5.41) is 0.959. The molecule has 0 amide bonds. The molecule has 3 heterocycles. The number of benzene rings is 2. The van der Waals surface area contributed by atoms with E-state index >= 15 is 0 Å². The first kappa shape index (κ1) is 21.9. The number of aromatic nitrogens is 2. The number of nitrogens with one attached hydrogen (secondary N) is 1. The Morgan fingerprint density at radius 1 is 0.970 bits per heavy atom. The molecular formula is C25H23N3O3S2. The molecule has 1 unspecified atom stereocenters. The van der Waals surface area contributed by atoms with Crippen molar-refractivity contribution < 1.29 is 13.2 Å². The number of ketones is 1. The summed E-state index contributed by atoms with van der Waals surface area (Å²) in [7, 11) is -3.52. The largest absolute Gasteiger partial charge is 0.360 e. The van der Waals surface area contributed by atoms with E-state index in [1.807, 2.05) is 54.6 Å². The van der Waals surface area contributed by atoms with Gasteiger partial charge in [-0.1, -0.05) is 60.3 Å². The van der Waals surface area contributed by atoms with E-state index in [0.29, 0.717) is 23.7 Å². The topological polar surface area (TPSA) is 83.1 Å². The minimum Gasteiger partial charge on any atom is -0.360 e. The average Bonchev–Trinajstić information content (AvgIpc) is 3.54. The lowest BCUT2D eigenvalue weighted by molar-refractivity contribution is 0.0991. The molecule has 5 rings (SSSR count). The molecule has 0 radical (unpaired) electrons. The van der Waals surface area contributed by atoms with E-state index in [4.69, 9.17) is 0 Å². The summed E-state index contributed by atoms with van der Waals surface area (Å²) in [5.74, 6) is -0.0285. The molecule has 33 heavy (non-hydrogen) atoms. The van der Waals surface area contributed by atoms with Crippen LogP contribution in [0.2, 0.25) is 0 Å². The lowest BCUT2D eigenvalue weighted by Gasteiger charge is -2.17. The van der Waals surface area contributed by atoms with Crippen molar-refractivity contribution in [3.05, 3.63) is 90.3 Å². The average molecular weight is 478 g/mol. The van der Waals surface area contributed by atoms with Gasteiger partial charge in [-0.05, 0) is 36.6 Å². The summed E-state index contributed by atoms with van der Waals surface area (Å²) < 4.78 is 27.1. The van der Waals surface area contributed by atoms with Crippen LogP contribution in [-0.2, 0) is 10.0 Å². The van der Waals surface area contributed by atoms with E-state index in [1.54, 1.807) is 18.3 Å². The van der Waals surface area contributed by atoms with Crippen LogP contribution in [0.25, 0.3) is 10.9 Å². The van der Waals surface area contributed by atoms with E-state index in [-0.39, 0.29) is 10.7 Å². The van der Waals surface area contributed by atoms with Crippen molar-refractivity contribution in [1.29, 1.82) is 0 Å². The monoisotopic (exact) mass is 477 g/mol. The smallest absolute Gasteiger partial charge is 0.244 e. The van der Waals surface area contributed by atoms with Crippen molar-refractivity contribution in [1.82, 2.24) is 14.3 Å². The number of Topliss-reactive ketones (excluding diaryl/α,β-unsaturated/α-hetero) is 1. The lowest BCUT2D eigenvalue weighted by Crippen LogP contribution is -2.27. The fourth-order valence-electron chi connectivity index (χ4n) is 4.10. The van der Waals surface area contributed by atoms with Gasteiger partial charge >= 0.3 is 0 Å². The summed E-state index contributed by atoms with van der Waals surface area (Å²) in [5.41, 5.74) is 2.40. The van der Waals surface area contributed by atoms with Gasteiger partial charge in [0.15, 0.2) is 5.78 Å². The van der Waals surface area contributed by atoms with Crippen LogP contribution in [0.3, 0.4) is 0 Å². The van der Waals surface area contributed by atoms with Crippen LogP contribution >= 0.6 is 11.8 Å². The molecule has 0 bridgehead atoms. The van der Waals surface area contributed by atoms with Crippen molar-refractivity contribution in [3.63, 3.8) is 0 Å². The van der Waals surface area contributed by atoms with E-state index in [2.05, 4.69) is 9.97 Å². The molecule has 2 aromatic heterocycles. The van der Waals surface area contributed by atoms with Crippen LogP contribution < -0.4 is 0 Å². The normalized spacial score (nSPS) is 15.6. The zero-order valence-corrected chi connectivity index (χ0v) is 19.5. The number of hydrogen-bond donors (Lipinski definition) is 1. The van der Waals surface area contributed by atoms with E-state index in [1.165, 1.54) is 22.3 Å². The number of H-pyrrole nitrogens is 1. The van der Waals surface area contributed by atoms with Crippen molar-refractivity contribution in [2.75, 3.05) is 13.1 Å². The van der Waals surface area contributed by atoms with Crippen molar-refractivity contribution in [3.8, 4) is 0 Å². The third-order valence-corrected chi connectivity index (χ3v) is 8.93. The molecule has 1 saturated heterocycles. The Labute approximate surface area is 197 Å². The number of pyridine rings is 1. The fraction of sp³-hybridized carbons (Fsp3) is 0.200. The van der Waals surface area contributed by atoms with Crippen LogP contribution in [0.5, 0.6) is 0 Å². The molecule has 1 N–H and O–H groups in total. The number of hydrogen-bond acceptors (Lipinski definition) is 5. The molecule has 4 aromatic rings. The predicted octanol–water partition coefficient (Wildman–Crippen LogP) is 5.06. The fourth-order valence-corrected chi connectivity index (χ4v) is 6.60. The van der Waals surface area contributed by atoms with Crippen LogP contribution in [0, 0.1) is 0 Å². The Kier molecular flexibility index (Phi) is 6.05. The second kappa shape index (κ2) is 9.13. The van der Waals surface area contributed by atoms with Gasteiger partial charge in [-0.2, -0.15) is 4.31 Å². The molecule has 2 aromatic carbocycles. The maximum atomic E-state index is 13.7. The molecule has 0 aliphatic carbocycles. The predicted molar refractivity (Wildman–Crippen MR) is 130 cm³/mol. The Morgan fingerprint density at radius 3 is 2.42 bits per heavy atom. The molecule has 1 atom stereocenters. The number of rotatable bonds is 7. The Hall–Kier alpha value is -2.94. The van der Waals surface area contributed by atoms with Gasteiger partial charge in [0.05, 0.1) is 10.3 Å². The summed E-state index contributed by atoms with van der Waals surface area (Å²) >= 11 is 1.33. The van der Waals surface area contributed by atoms with Crippen LogP contribution in [-0.4, -0.2) is 41.6 Å². The summed E-state index contributed by atoms with van der Waals surface area (Å²) in [6.45, 7) is 1.10. The first-order valence-electron chi connectivity index (χ1n) is 10.8. The van der Waals surface area contributed by atoms with Gasteiger partial charge in [-0.15, -0.1) is 0 Å². The van der Waals surface area contributed by atoms with Crippen LogP contribution in [0.1, 0.15) is 34.0 Å². The number of thioether (sulfide) groups is 1. The lowest BCUT2D eigenvalue weighted by atomic mass is 10.0. The van der Waals surface area contributed by atoms with Crippen molar-refractivity contribution in [2.45, 2.75) is 28.0 Å². The zero-order valence-electron chi connectivity index (χ0n) is 17.8. The summed E-state index contributed by atoms with van der Waals surface area (Å²) in [4.78, 5) is 21.4. The zero-order chi connectivity index (χ0) is 22.8. The Bertz CT molecular complexity index is 1380. The highest BCUT2D eigenvalue weighted by Crippen LogP contribution is 2.38. The number of fused-ring (bicyclic) bond motifs is 1. The van der Waals surface area contributed by atoms with Gasteiger partial charge in [0.1, 0.15) is 4.90 Å². The first-order valence-corrected chi connectivity index (χ1v) is 13.1. The standard InChI is InChI=1S/C25H23N3O3S2/c29-24(21-17-26-22-11-5-4-10-20(21)22)25(18-8-2-1-3-9-18)32-23-13-12-19(16-27-23)33(30,31)28-14-6-7-15-28/h1-5,8-13,16-17,25-26H,6-7,14-15H2. The van der Waals surface area contributed by atoms with Gasteiger partial charge in [0.2, 0.25) is 10.0 Å². The van der Waals surface area contributed by atoms with E-state index in [9.17, 15) is 13.2 Å². The van der Waals surface area contributed by atoms with Gasteiger partial charge in [-0.25, -0.2) is 13.4 Å². The molecule has 0 saturated carbocycles. The third-order valence-electron chi connectivity index (χ3n) is 5.85. The minimum atomic E-state index is -3.52. The minimum absolute atomic E-state index is 0.0285. The van der Waals surface area contributed by atoms with Crippen LogP contribution in [0.15, 0.2) is 89.0 Å². The molecule has 1 aliphatic heterocycles. The molecule has 0 spiro atoms. The summed E-state index contributed by atoms with van der Waals surface area (Å²) in [6.07, 6.45) is 4.92. The Balaban J connectivity index is 1.45. The second-order valence-electron chi connectivity index (χ2n) is 7.96. The maximum Gasteiger partial charge on any atom is 0.244 e. The number of sulfonamides is 1. The molecule has 8 heteroatoms. The highest BCUT2D eigenvalue weighted by molar-refractivity contribution is 8.00. The van der Waals surface area contributed by atoms with Gasteiger partial charge in [-0.3, -0.25) is 4.79 Å².